The Morgan fingerprint density at radius 2 is 2.44 bits per heavy atom. The van der Waals surface area contributed by atoms with Crippen molar-refractivity contribution in [2.24, 2.45) is 11.7 Å². The maximum atomic E-state index is 12.5. The zero-order valence-corrected chi connectivity index (χ0v) is 10.8. The highest BCUT2D eigenvalue weighted by atomic mass is 16.5. The lowest BCUT2D eigenvalue weighted by Crippen LogP contribution is -2.35. The molecule has 1 aromatic heterocycles. The average molecular weight is 253 g/mol. The third-order valence-electron chi connectivity index (χ3n) is 3.16. The van der Waals surface area contributed by atoms with Crippen molar-refractivity contribution in [3.05, 3.63) is 11.9 Å². The molecule has 1 aromatic rings. The predicted octanol–water partition coefficient (Wildman–Crippen LogP) is 0.458. The highest BCUT2D eigenvalue weighted by molar-refractivity contribution is 5.99. The van der Waals surface area contributed by atoms with Crippen molar-refractivity contribution in [1.29, 1.82) is 0 Å². The summed E-state index contributed by atoms with van der Waals surface area (Å²) in [5.41, 5.74) is 6.39. The Kier molecular flexibility index (Phi) is 3.98. The van der Waals surface area contributed by atoms with E-state index in [1.165, 1.54) is 7.11 Å². The number of ether oxygens (including phenoxy) is 2. The first-order chi connectivity index (χ1) is 8.69. The van der Waals surface area contributed by atoms with E-state index in [4.69, 9.17) is 15.2 Å². The number of ketones is 1. The molecular weight excluding hydrogens is 234 g/mol. The average Bonchev–Trinajstić information content (AvgIpc) is 2.95. The molecule has 1 saturated heterocycles. The second-order valence-electron chi connectivity index (χ2n) is 4.46. The van der Waals surface area contributed by atoms with E-state index in [1.54, 1.807) is 10.9 Å². The van der Waals surface area contributed by atoms with Gasteiger partial charge in [0.1, 0.15) is 5.69 Å². The third kappa shape index (κ3) is 2.26. The van der Waals surface area contributed by atoms with Gasteiger partial charge in [-0.25, -0.2) is 0 Å². The monoisotopic (exact) mass is 253 g/mol. The summed E-state index contributed by atoms with van der Waals surface area (Å²) in [4.78, 5) is 12.5. The summed E-state index contributed by atoms with van der Waals surface area (Å²) in [6.45, 7) is 3.53. The Hall–Kier alpha value is -1.40. The van der Waals surface area contributed by atoms with Crippen LogP contribution in [0, 0.1) is 5.92 Å². The minimum absolute atomic E-state index is 0.0391. The molecule has 1 aliphatic heterocycles. The molecule has 0 saturated carbocycles. The fraction of sp³-hybridized carbons (Fsp3) is 0.667. The van der Waals surface area contributed by atoms with Crippen molar-refractivity contribution in [2.45, 2.75) is 25.9 Å². The molecule has 0 bridgehead atoms. The molecule has 6 heteroatoms. The first kappa shape index (κ1) is 13.0. The number of carbonyl (C=O) groups excluding carboxylic acids is 1. The van der Waals surface area contributed by atoms with Crippen LogP contribution in [-0.4, -0.2) is 41.9 Å². The summed E-state index contributed by atoms with van der Waals surface area (Å²) in [6, 6.07) is -0.243. The van der Waals surface area contributed by atoms with E-state index in [9.17, 15) is 4.79 Å². The van der Waals surface area contributed by atoms with E-state index in [1.807, 2.05) is 6.92 Å². The molecule has 0 radical (unpaired) electrons. The van der Waals surface area contributed by atoms with Gasteiger partial charge in [0.15, 0.2) is 11.5 Å². The molecule has 2 heterocycles. The van der Waals surface area contributed by atoms with Crippen molar-refractivity contribution in [1.82, 2.24) is 9.78 Å². The number of rotatable bonds is 5. The Balaban J connectivity index is 2.30. The lowest BCUT2D eigenvalue weighted by Gasteiger charge is -2.14. The maximum absolute atomic E-state index is 12.5. The van der Waals surface area contributed by atoms with E-state index in [-0.39, 0.29) is 17.7 Å². The minimum Gasteiger partial charge on any atom is -0.493 e. The van der Waals surface area contributed by atoms with E-state index in [0.717, 1.165) is 6.42 Å². The van der Waals surface area contributed by atoms with Gasteiger partial charge in [-0.3, -0.25) is 9.48 Å². The fourth-order valence-corrected chi connectivity index (χ4v) is 2.16. The summed E-state index contributed by atoms with van der Waals surface area (Å²) < 4.78 is 12.1. The first-order valence-electron chi connectivity index (χ1n) is 6.16. The molecule has 6 nitrogen and oxygen atoms in total. The zero-order chi connectivity index (χ0) is 13.1. The molecule has 0 spiro atoms. The predicted molar refractivity (Wildman–Crippen MR) is 65.7 cm³/mol. The number of Topliss-reactive ketones (excluding diaryl/α,β-unsaturated/α-hetero) is 1. The minimum atomic E-state index is -0.300. The molecule has 1 aliphatic rings. The van der Waals surface area contributed by atoms with E-state index in [2.05, 4.69) is 5.10 Å². The highest BCUT2D eigenvalue weighted by Gasteiger charge is 2.35. The van der Waals surface area contributed by atoms with Crippen molar-refractivity contribution >= 4 is 5.78 Å². The van der Waals surface area contributed by atoms with Crippen LogP contribution in [0.25, 0.3) is 0 Å². The quantitative estimate of drug-likeness (QED) is 0.771. The summed E-state index contributed by atoms with van der Waals surface area (Å²) in [5, 5.41) is 4.18. The van der Waals surface area contributed by atoms with Gasteiger partial charge in [0.2, 0.25) is 0 Å². The van der Waals surface area contributed by atoms with Crippen LogP contribution in [0.2, 0.25) is 0 Å². The SMILES string of the molecule is CCCn1ncc(OC)c1C(=O)C1COCC1N. The molecule has 18 heavy (non-hydrogen) atoms. The molecule has 100 valence electrons. The van der Waals surface area contributed by atoms with E-state index in [0.29, 0.717) is 31.2 Å². The van der Waals surface area contributed by atoms with Crippen molar-refractivity contribution < 1.29 is 14.3 Å². The molecule has 0 aromatic carbocycles. The number of methoxy groups -OCH3 is 1. The maximum Gasteiger partial charge on any atom is 0.191 e. The topological polar surface area (TPSA) is 79.4 Å². The number of nitrogens with zero attached hydrogens (tertiary/aromatic N) is 2. The van der Waals surface area contributed by atoms with Gasteiger partial charge in [0, 0.05) is 12.6 Å². The lowest BCUT2D eigenvalue weighted by atomic mass is 9.96. The van der Waals surface area contributed by atoms with Crippen LogP contribution < -0.4 is 10.5 Å². The molecule has 1 fully saturated rings. The summed E-state index contributed by atoms with van der Waals surface area (Å²) in [7, 11) is 1.54. The van der Waals surface area contributed by atoms with Crippen LogP contribution >= 0.6 is 0 Å². The number of carbonyl (C=O) groups is 1. The first-order valence-corrected chi connectivity index (χ1v) is 6.16. The Morgan fingerprint density at radius 1 is 1.67 bits per heavy atom. The van der Waals surface area contributed by atoms with Crippen molar-refractivity contribution in [2.75, 3.05) is 20.3 Å². The fourth-order valence-electron chi connectivity index (χ4n) is 2.16. The summed E-state index contributed by atoms with van der Waals surface area (Å²) in [6.07, 6.45) is 2.47. The number of aryl methyl sites for hydroxylation is 1. The molecule has 2 rings (SSSR count). The zero-order valence-electron chi connectivity index (χ0n) is 10.8. The standard InChI is InChI=1S/C12H19N3O3/c1-3-4-15-11(10(17-2)5-14-15)12(16)8-6-18-7-9(8)13/h5,8-9H,3-4,6-7,13H2,1-2H3. The molecular formula is C12H19N3O3. The number of hydrogen-bond donors (Lipinski definition) is 1. The van der Waals surface area contributed by atoms with Gasteiger partial charge in [0.25, 0.3) is 0 Å². The number of aromatic nitrogens is 2. The van der Waals surface area contributed by atoms with Crippen LogP contribution in [0.4, 0.5) is 0 Å². The molecule has 0 aliphatic carbocycles. The van der Waals surface area contributed by atoms with Crippen LogP contribution in [0.3, 0.4) is 0 Å². The highest BCUT2D eigenvalue weighted by Crippen LogP contribution is 2.25. The van der Waals surface area contributed by atoms with Crippen molar-refractivity contribution in [3.8, 4) is 5.75 Å². The lowest BCUT2D eigenvalue weighted by molar-refractivity contribution is 0.0881. The van der Waals surface area contributed by atoms with Crippen LogP contribution in [-0.2, 0) is 11.3 Å². The Morgan fingerprint density at radius 3 is 3.00 bits per heavy atom. The van der Waals surface area contributed by atoms with Gasteiger partial charge >= 0.3 is 0 Å². The largest absolute Gasteiger partial charge is 0.493 e. The van der Waals surface area contributed by atoms with Gasteiger partial charge in [-0.1, -0.05) is 6.92 Å². The second kappa shape index (κ2) is 5.49. The molecule has 2 N–H and O–H groups in total. The van der Waals surface area contributed by atoms with E-state index >= 15 is 0 Å². The number of hydrogen-bond acceptors (Lipinski definition) is 5. The molecule has 2 atom stereocenters. The van der Waals surface area contributed by atoms with Crippen LogP contribution in [0.5, 0.6) is 5.75 Å². The summed E-state index contributed by atoms with van der Waals surface area (Å²) >= 11 is 0. The van der Waals surface area contributed by atoms with Crippen molar-refractivity contribution in [3.63, 3.8) is 0 Å². The Labute approximate surface area is 106 Å². The molecule has 0 amide bonds. The van der Waals surface area contributed by atoms with Gasteiger partial charge in [-0.15, -0.1) is 0 Å². The van der Waals surface area contributed by atoms with Gasteiger partial charge in [-0.05, 0) is 6.42 Å². The summed E-state index contributed by atoms with van der Waals surface area (Å²) in [5.74, 6) is 0.168. The Bertz CT molecular complexity index is 430. The third-order valence-corrected chi connectivity index (χ3v) is 3.16. The van der Waals surface area contributed by atoms with Gasteiger partial charge in [0.05, 0.1) is 32.4 Å². The second-order valence-corrected chi connectivity index (χ2v) is 4.46. The van der Waals surface area contributed by atoms with Crippen LogP contribution in [0.1, 0.15) is 23.8 Å². The smallest absolute Gasteiger partial charge is 0.191 e. The van der Waals surface area contributed by atoms with Gasteiger partial charge in [-0.2, -0.15) is 5.10 Å². The van der Waals surface area contributed by atoms with Crippen LogP contribution in [0.15, 0.2) is 6.20 Å². The normalized spacial score (nSPS) is 23.3. The van der Waals surface area contributed by atoms with Gasteiger partial charge < -0.3 is 15.2 Å². The molecule has 2 unspecified atom stereocenters. The number of nitrogens with two attached hydrogens (primary N) is 1. The van der Waals surface area contributed by atoms with E-state index < -0.39 is 0 Å².